The summed E-state index contributed by atoms with van der Waals surface area (Å²) in [5.41, 5.74) is 0.765. The van der Waals surface area contributed by atoms with Crippen LogP contribution in [-0.4, -0.2) is 13.3 Å². The quantitative estimate of drug-likeness (QED) is 0.483. The van der Waals surface area contributed by atoms with Gasteiger partial charge in [0.15, 0.2) is 0 Å². The molecule has 0 heterocycles. The van der Waals surface area contributed by atoms with Crippen LogP contribution in [0.3, 0.4) is 0 Å². The Bertz CT molecular complexity index is 215. The van der Waals surface area contributed by atoms with Gasteiger partial charge in [-0.05, 0) is 0 Å². The molecule has 1 aromatic carbocycles. The first-order chi connectivity index (χ1) is 4.86. The van der Waals surface area contributed by atoms with Crippen molar-refractivity contribution in [1.29, 1.82) is 5.41 Å². The molecule has 1 aromatic rings. The lowest BCUT2D eigenvalue weighted by Gasteiger charge is -2.03. The Kier molecular flexibility index (Phi) is 2.05. The number of hydrogen-bond donors (Lipinski definition) is 1. The number of ether oxygens (including phenoxy) is 1. The first-order valence-corrected chi connectivity index (χ1v) is 2.93. The molecule has 0 amide bonds. The minimum Gasteiger partial charge on any atom is -0.499 e. The van der Waals surface area contributed by atoms with Crippen molar-refractivity contribution in [2.45, 2.75) is 0 Å². The highest BCUT2D eigenvalue weighted by atomic mass is 16.5. The van der Waals surface area contributed by atoms with E-state index in [1.165, 1.54) is 0 Å². The molecule has 0 aromatic heterocycles. The fourth-order valence-corrected chi connectivity index (χ4v) is 0.674. The van der Waals surface area contributed by atoms with E-state index >= 15 is 0 Å². The number of methoxy groups -OCH3 is 1. The number of benzene rings is 1. The molecule has 0 aliphatic carbocycles. The van der Waals surface area contributed by atoms with Crippen LogP contribution in [0.25, 0.3) is 0 Å². The van der Waals surface area contributed by atoms with E-state index in [9.17, 15) is 0 Å². The summed E-state index contributed by atoms with van der Waals surface area (Å²) >= 11 is 0. The normalized spacial score (nSPS) is 8.90. The Balaban J connectivity index is 2.90. The van der Waals surface area contributed by atoms with Crippen LogP contribution in [-0.2, 0) is 0 Å². The SMILES string of the molecule is COc1ccc([C-]=N)cc1. The third kappa shape index (κ3) is 1.35. The van der Waals surface area contributed by atoms with Gasteiger partial charge < -0.3 is 10.1 Å². The molecule has 0 radical (unpaired) electrons. The van der Waals surface area contributed by atoms with E-state index in [1.807, 2.05) is 0 Å². The highest BCUT2D eigenvalue weighted by Gasteiger charge is 1.80. The van der Waals surface area contributed by atoms with E-state index in [0.29, 0.717) is 0 Å². The maximum absolute atomic E-state index is 6.78. The summed E-state index contributed by atoms with van der Waals surface area (Å²) in [4.78, 5) is 0. The molecule has 0 unspecified atom stereocenters. The average molecular weight is 134 g/mol. The van der Waals surface area contributed by atoms with E-state index in [1.54, 1.807) is 31.4 Å². The van der Waals surface area contributed by atoms with Gasteiger partial charge in [0.05, 0.1) is 12.9 Å². The molecule has 10 heavy (non-hydrogen) atoms. The molecular weight excluding hydrogens is 126 g/mol. The molecule has 2 nitrogen and oxygen atoms in total. The highest BCUT2D eigenvalue weighted by Crippen LogP contribution is 2.09. The van der Waals surface area contributed by atoms with Crippen LogP contribution < -0.4 is 4.74 Å². The lowest BCUT2D eigenvalue weighted by molar-refractivity contribution is 0.415. The molecule has 0 saturated heterocycles. The number of nitrogens with one attached hydrogen (secondary N) is 1. The van der Waals surface area contributed by atoms with Crippen molar-refractivity contribution in [1.82, 2.24) is 0 Å². The van der Waals surface area contributed by atoms with Crippen molar-refractivity contribution in [3.63, 3.8) is 0 Å². The predicted molar refractivity (Wildman–Crippen MR) is 39.8 cm³/mol. The van der Waals surface area contributed by atoms with Crippen LogP contribution in [0.2, 0.25) is 0 Å². The van der Waals surface area contributed by atoms with Crippen molar-refractivity contribution >= 4 is 6.21 Å². The van der Waals surface area contributed by atoms with Gasteiger partial charge in [0.25, 0.3) is 0 Å². The summed E-state index contributed by atoms with van der Waals surface area (Å²) in [5, 5.41) is 6.78. The van der Waals surface area contributed by atoms with E-state index < -0.39 is 0 Å². The van der Waals surface area contributed by atoms with Gasteiger partial charge in [-0.15, -0.1) is 0 Å². The third-order valence-electron chi connectivity index (χ3n) is 1.23. The van der Waals surface area contributed by atoms with Crippen LogP contribution in [0, 0.1) is 5.41 Å². The molecule has 0 aliphatic heterocycles. The summed E-state index contributed by atoms with van der Waals surface area (Å²) in [6.07, 6.45) is 2.27. The van der Waals surface area contributed by atoms with E-state index in [0.717, 1.165) is 11.3 Å². The molecule has 0 bridgehead atoms. The van der Waals surface area contributed by atoms with Crippen molar-refractivity contribution < 1.29 is 4.74 Å². The van der Waals surface area contributed by atoms with Gasteiger partial charge in [-0.1, -0.05) is 18.3 Å². The maximum atomic E-state index is 6.78. The van der Waals surface area contributed by atoms with Gasteiger partial charge in [0.1, 0.15) is 0 Å². The second-order valence-corrected chi connectivity index (χ2v) is 1.85. The number of rotatable bonds is 2. The number of hydrogen-bond acceptors (Lipinski definition) is 2. The minimum absolute atomic E-state index is 0.765. The van der Waals surface area contributed by atoms with Gasteiger partial charge in [0.2, 0.25) is 0 Å². The van der Waals surface area contributed by atoms with Gasteiger partial charge >= 0.3 is 0 Å². The van der Waals surface area contributed by atoms with Gasteiger partial charge in [-0.3, -0.25) is 0 Å². The van der Waals surface area contributed by atoms with Crippen LogP contribution in [0.1, 0.15) is 5.56 Å². The van der Waals surface area contributed by atoms with Gasteiger partial charge in [-0.2, -0.15) is 17.7 Å². The largest absolute Gasteiger partial charge is 0.499 e. The van der Waals surface area contributed by atoms with Gasteiger partial charge in [-0.25, -0.2) is 0 Å². The Hall–Kier alpha value is -1.31. The molecule has 1 N–H and O–H groups in total. The van der Waals surface area contributed by atoms with Crippen LogP contribution in [0.4, 0.5) is 0 Å². The van der Waals surface area contributed by atoms with Crippen LogP contribution in [0.15, 0.2) is 24.3 Å². The fraction of sp³-hybridized carbons (Fsp3) is 0.125. The summed E-state index contributed by atoms with van der Waals surface area (Å²) in [7, 11) is 1.61. The van der Waals surface area contributed by atoms with Crippen molar-refractivity contribution in [2.75, 3.05) is 7.11 Å². The standard InChI is InChI=1S/C8H8NO/c1-10-8-4-2-7(6-9)3-5-8/h2-5,9H,1H3/q-1. The Morgan fingerprint density at radius 1 is 1.30 bits per heavy atom. The molecule has 0 saturated carbocycles. The van der Waals surface area contributed by atoms with Gasteiger partial charge in [0, 0.05) is 0 Å². The maximum Gasteiger partial charge on any atom is 0.0943 e. The van der Waals surface area contributed by atoms with E-state index in [2.05, 4.69) is 6.21 Å². The van der Waals surface area contributed by atoms with Crippen LogP contribution in [0.5, 0.6) is 5.75 Å². The third-order valence-corrected chi connectivity index (χ3v) is 1.23. The molecule has 0 fully saturated rings. The Morgan fingerprint density at radius 2 is 1.90 bits per heavy atom. The van der Waals surface area contributed by atoms with Crippen molar-refractivity contribution in [3.05, 3.63) is 29.8 Å². The average Bonchev–Trinajstić information content (AvgIpc) is 2.05. The summed E-state index contributed by atoms with van der Waals surface area (Å²) in [6.45, 7) is 0. The second-order valence-electron chi connectivity index (χ2n) is 1.85. The van der Waals surface area contributed by atoms with Crippen LogP contribution >= 0.6 is 0 Å². The summed E-state index contributed by atoms with van der Waals surface area (Å²) in [6, 6.07) is 7.17. The smallest absolute Gasteiger partial charge is 0.0943 e. The van der Waals surface area contributed by atoms with E-state index in [4.69, 9.17) is 10.1 Å². The molecular formula is C8H8NO-. The highest BCUT2D eigenvalue weighted by molar-refractivity contribution is 5.76. The van der Waals surface area contributed by atoms with Crippen molar-refractivity contribution in [2.24, 2.45) is 0 Å². The minimum atomic E-state index is 0.765. The molecule has 0 atom stereocenters. The van der Waals surface area contributed by atoms with E-state index in [-0.39, 0.29) is 0 Å². The molecule has 1 rings (SSSR count). The topological polar surface area (TPSA) is 33.1 Å². The first kappa shape index (κ1) is 6.81. The zero-order valence-corrected chi connectivity index (χ0v) is 5.72. The molecule has 52 valence electrons. The lowest BCUT2D eigenvalue weighted by Crippen LogP contribution is -1.82. The fourth-order valence-electron chi connectivity index (χ4n) is 0.674. The molecule has 0 spiro atoms. The Labute approximate surface area is 60.0 Å². The van der Waals surface area contributed by atoms with Crippen molar-refractivity contribution in [3.8, 4) is 5.75 Å². The summed E-state index contributed by atoms with van der Waals surface area (Å²) < 4.78 is 4.92. The summed E-state index contributed by atoms with van der Waals surface area (Å²) in [5.74, 6) is 0.805. The lowest BCUT2D eigenvalue weighted by atomic mass is 10.2. The zero-order valence-electron chi connectivity index (χ0n) is 5.72. The second kappa shape index (κ2) is 3.01. The first-order valence-electron chi connectivity index (χ1n) is 2.93. The zero-order chi connectivity index (χ0) is 7.40. The monoisotopic (exact) mass is 134 g/mol. The predicted octanol–water partition coefficient (Wildman–Crippen LogP) is 1.57. The molecule has 0 aliphatic rings. The Morgan fingerprint density at radius 3 is 2.30 bits per heavy atom. The molecule has 2 heteroatoms.